The second-order valence-electron chi connectivity index (χ2n) is 6.88. The second kappa shape index (κ2) is 7.16. The molecule has 3 rings (SSSR count). The van der Waals surface area contributed by atoms with Crippen molar-refractivity contribution in [1.29, 1.82) is 0 Å². The van der Waals surface area contributed by atoms with E-state index < -0.39 is 0 Å². The van der Waals surface area contributed by atoms with E-state index in [-0.39, 0.29) is 11.7 Å². The quantitative estimate of drug-likeness (QED) is 0.618. The first kappa shape index (κ1) is 17.9. The summed E-state index contributed by atoms with van der Waals surface area (Å²) in [7, 11) is 0. The van der Waals surface area contributed by atoms with E-state index in [0.29, 0.717) is 13.0 Å². The Morgan fingerprint density at radius 3 is 2.54 bits per heavy atom. The fraction of sp³-hybridized carbons (Fsp3) is 0.227. The number of aryl methyl sites for hydroxylation is 2. The van der Waals surface area contributed by atoms with Crippen molar-refractivity contribution in [2.24, 2.45) is 0 Å². The first-order chi connectivity index (χ1) is 12.3. The highest BCUT2D eigenvalue weighted by Gasteiger charge is 2.13. The zero-order valence-corrected chi connectivity index (χ0v) is 15.4. The minimum Gasteiger partial charge on any atom is -0.343 e. The molecule has 0 spiro atoms. The number of carbonyl (C=O) groups is 1. The van der Waals surface area contributed by atoms with Crippen molar-refractivity contribution >= 4 is 22.5 Å². The Morgan fingerprint density at radius 2 is 1.88 bits per heavy atom. The van der Waals surface area contributed by atoms with Crippen LogP contribution in [0.5, 0.6) is 0 Å². The Morgan fingerprint density at radius 1 is 1.19 bits per heavy atom. The summed E-state index contributed by atoms with van der Waals surface area (Å²) in [6.45, 7) is 10.3. The predicted octanol–water partition coefficient (Wildman–Crippen LogP) is 5.35. The average molecular weight is 350 g/mol. The van der Waals surface area contributed by atoms with Crippen LogP contribution in [0.25, 0.3) is 10.9 Å². The molecule has 1 aromatic heterocycles. The number of hydrogen-bond acceptors (Lipinski definition) is 1. The number of rotatable bonds is 5. The standard InChI is InChI=1S/C22H23FN2O/c1-14(2)11-21(26)24-22-15(3)12-20-19(16(22)4)9-10-25(20)13-17-5-7-18(23)8-6-17/h5-10,12H,1,11,13H2,2-4H3,(H,24,26). The second-order valence-corrected chi connectivity index (χ2v) is 6.88. The SMILES string of the molecule is C=C(C)CC(=O)Nc1c(C)cc2c(ccn2Cc2ccc(F)cc2)c1C. The van der Waals surface area contributed by atoms with E-state index in [0.717, 1.165) is 38.9 Å². The summed E-state index contributed by atoms with van der Waals surface area (Å²) in [6, 6.07) is 10.7. The summed E-state index contributed by atoms with van der Waals surface area (Å²) in [5.41, 5.74) is 5.91. The van der Waals surface area contributed by atoms with Gasteiger partial charge in [0.15, 0.2) is 0 Å². The van der Waals surface area contributed by atoms with Crippen LogP contribution < -0.4 is 5.32 Å². The van der Waals surface area contributed by atoms with Gasteiger partial charge < -0.3 is 9.88 Å². The highest BCUT2D eigenvalue weighted by atomic mass is 19.1. The number of aromatic nitrogens is 1. The van der Waals surface area contributed by atoms with Gasteiger partial charge in [0, 0.05) is 35.8 Å². The van der Waals surface area contributed by atoms with E-state index in [1.165, 1.54) is 12.1 Å². The minimum absolute atomic E-state index is 0.0474. The Kier molecular flexibility index (Phi) is 4.94. The van der Waals surface area contributed by atoms with E-state index in [2.05, 4.69) is 28.6 Å². The van der Waals surface area contributed by atoms with Crippen LogP contribution in [0.2, 0.25) is 0 Å². The van der Waals surface area contributed by atoms with Crippen LogP contribution >= 0.6 is 0 Å². The molecule has 0 saturated heterocycles. The first-order valence-corrected chi connectivity index (χ1v) is 8.63. The largest absolute Gasteiger partial charge is 0.343 e. The van der Waals surface area contributed by atoms with Gasteiger partial charge in [-0.05, 0) is 61.7 Å². The summed E-state index contributed by atoms with van der Waals surface area (Å²) in [5.74, 6) is -0.276. The smallest absolute Gasteiger partial charge is 0.228 e. The summed E-state index contributed by atoms with van der Waals surface area (Å²) < 4.78 is 15.2. The van der Waals surface area contributed by atoms with Crippen molar-refractivity contribution in [3.8, 4) is 0 Å². The van der Waals surface area contributed by atoms with Crippen LogP contribution in [0.15, 0.2) is 54.7 Å². The van der Waals surface area contributed by atoms with Gasteiger partial charge in [-0.15, -0.1) is 0 Å². The van der Waals surface area contributed by atoms with Gasteiger partial charge in [-0.1, -0.05) is 24.3 Å². The van der Waals surface area contributed by atoms with Gasteiger partial charge >= 0.3 is 0 Å². The number of anilines is 1. The minimum atomic E-state index is -0.229. The molecule has 0 aliphatic rings. The van der Waals surface area contributed by atoms with E-state index >= 15 is 0 Å². The van der Waals surface area contributed by atoms with Crippen molar-refractivity contribution in [1.82, 2.24) is 4.57 Å². The third-order valence-corrected chi connectivity index (χ3v) is 4.53. The lowest BCUT2D eigenvalue weighted by molar-refractivity contribution is -0.115. The van der Waals surface area contributed by atoms with Gasteiger partial charge in [-0.25, -0.2) is 4.39 Å². The highest BCUT2D eigenvalue weighted by molar-refractivity contribution is 5.98. The van der Waals surface area contributed by atoms with Gasteiger partial charge in [0.25, 0.3) is 0 Å². The molecular formula is C22H23FN2O. The molecule has 0 atom stereocenters. The van der Waals surface area contributed by atoms with E-state index in [1.54, 1.807) is 12.1 Å². The van der Waals surface area contributed by atoms with Crippen molar-refractivity contribution in [3.63, 3.8) is 0 Å². The van der Waals surface area contributed by atoms with Crippen molar-refractivity contribution < 1.29 is 9.18 Å². The molecule has 0 bridgehead atoms. The Balaban J connectivity index is 1.94. The molecule has 3 aromatic rings. The maximum atomic E-state index is 13.1. The van der Waals surface area contributed by atoms with Gasteiger partial charge in [0.1, 0.15) is 5.82 Å². The Bertz CT molecular complexity index is 984. The maximum Gasteiger partial charge on any atom is 0.228 e. The molecule has 1 N–H and O–H groups in total. The molecule has 0 saturated carbocycles. The summed E-state index contributed by atoms with van der Waals surface area (Å²) in [6.07, 6.45) is 2.35. The molecule has 0 aliphatic carbocycles. The molecule has 4 heteroatoms. The lowest BCUT2D eigenvalue weighted by Gasteiger charge is -2.14. The fourth-order valence-electron chi connectivity index (χ4n) is 3.24. The number of amides is 1. The molecule has 0 aliphatic heterocycles. The first-order valence-electron chi connectivity index (χ1n) is 8.63. The number of halogens is 1. The predicted molar refractivity (Wildman–Crippen MR) is 105 cm³/mol. The number of carbonyl (C=O) groups excluding carboxylic acids is 1. The van der Waals surface area contributed by atoms with Crippen LogP contribution in [-0.4, -0.2) is 10.5 Å². The zero-order valence-electron chi connectivity index (χ0n) is 15.4. The van der Waals surface area contributed by atoms with Crippen LogP contribution in [0.4, 0.5) is 10.1 Å². The number of nitrogens with one attached hydrogen (secondary N) is 1. The van der Waals surface area contributed by atoms with Gasteiger partial charge in [-0.2, -0.15) is 0 Å². The van der Waals surface area contributed by atoms with E-state index in [9.17, 15) is 9.18 Å². The summed E-state index contributed by atoms with van der Waals surface area (Å²) in [5, 5.41) is 4.12. The molecule has 2 aromatic carbocycles. The van der Waals surface area contributed by atoms with Gasteiger partial charge in [0.2, 0.25) is 5.91 Å². The maximum absolute atomic E-state index is 13.1. The summed E-state index contributed by atoms with van der Waals surface area (Å²) in [4.78, 5) is 12.1. The van der Waals surface area contributed by atoms with Crippen LogP contribution in [0.3, 0.4) is 0 Å². The van der Waals surface area contributed by atoms with Crippen LogP contribution in [-0.2, 0) is 11.3 Å². The summed E-state index contributed by atoms with van der Waals surface area (Å²) >= 11 is 0. The molecule has 134 valence electrons. The number of hydrogen-bond donors (Lipinski definition) is 1. The number of fused-ring (bicyclic) bond motifs is 1. The van der Waals surface area contributed by atoms with E-state index in [1.807, 2.05) is 27.0 Å². The molecule has 0 fully saturated rings. The molecule has 1 heterocycles. The third kappa shape index (κ3) is 3.69. The lowest BCUT2D eigenvalue weighted by Crippen LogP contribution is -2.13. The monoisotopic (exact) mass is 350 g/mol. The van der Waals surface area contributed by atoms with Crippen LogP contribution in [0, 0.1) is 19.7 Å². The molecule has 0 radical (unpaired) electrons. The molecule has 1 amide bonds. The molecule has 3 nitrogen and oxygen atoms in total. The van der Waals surface area contributed by atoms with Crippen molar-refractivity contribution in [3.05, 3.63) is 77.3 Å². The van der Waals surface area contributed by atoms with Crippen LogP contribution in [0.1, 0.15) is 30.0 Å². The Labute approximate surface area is 153 Å². The Hall–Kier alpha value is -2.88. The molecule has 0 unspecified atom stereocenters. The highest BCUT2D eigenvalue weighted by Crippen LogP contribution is 2.30. The topological polar surface area (TPSA) is 34.0 Å². The average Bonchev–Trinajstić information content (AvgIpc) is 2.96. The molecule has 26 heavy (non-hydrogen) atoms. The number of benzene rings is 2. The van der Waals surface area contributed by atoms with Gasteiger partial charge in [-0.3, -0.25) is 4.79 Å². The number of nitrogens with zero attached hydrogens (tertiary/aromatic N) is 1. The lowest BCUT2D eigenvalue weighted by atomic mass is 10.0. The van der Waals surface area contributed by atoms with Gasteiger partial charge in [0.05, 0.1) is 0 Å². The third-order valence-electron chi connectivity index (χ3n) is 4.53. The zero-order chi connectivity index (χ0) is 18.8. The molecular weight excluding hydrogens is 327 g/mol. The van der Waals surface area contributed by atoms with E-state index in [4.69, 9.17) is 0 Å². The van der Waals surface area contributed by atoms with Crippen molar-refractivity contribution in [2.45, 2.75) is 33.7 Å². The fourth-order valence-corrected chi connectivity index (χ4v) is 3.24. The normalized spacial score (nSPS) is 10.9. The van der Waals surface area contributed by atoms with Crippen molar-refractivity contribution in [2.75, 3.05) is 5.32 Å².